The van der Waals surface area contributed by atoms with Gasteiger partial charge in [-0.3, -0.25) is 9.59 Å². The Balaban J connectivity index is 2.32. The molecule has 0 radical (unpaired) electrons. The summed E-state index contributed by atoms with van der Waals surface area (Å²) < 4.78 is 0. The monoisotopic (exact) mass is 276 g/mol. The van der Waals surface area contributed by atoms with Crippen LogP contribution in [0.2, 0.25) is 0 Å². The van der Waals surface area contributed by atoms with Crippen molar-refractivity contribution in [1.82, 2.24) is 10.2 Å². The fraction of sp³-hybridized carbons (Fsp3) is 0.500. The summed E-state index contributed by atoms with van der Waals surface area (Å²) in [6.45, 7) is 6.01. The van der Waals surface area contributed by atoms with Crippen LogP contribution in [0.15, 0.2) is 30.3 Å². The summed E-state index contributed by atoms with van der Waals surface area (Å²) in [6.07, 6.45) is 2.46. The van der Waals surface area contributed by atoms with E-state index >= 15 is 0 Å². The van der Waals surface area contributed by atoms with E-state index in [9.17, 15) is 9.59 Å². The number of carbonyl (C=O) groups is 2. The fourth-order valence-electron chi connectivity index (χ4n) is 1.94. The average molecular weight is 276 g/mol. The van der Waals surface area contributed by atoms with Crippen LogP contribution in [0.5, 0.6) is 0 Å². The average Bonchev–Trinajstić information content (AvgIpc) is 2.48. The smallest absolute Gasteiger partial charge is 0.251 e. The van der Waals surface area contributed by atoms with Crippen LogP contribution in [0.4, 0.5) is 0 Å². The van der Waals surface area contributed by atoms with Crippen molar-refractivity contribution in [2.75, 3.05) is 19.6 Å². The zero-order valence-electron chi connectivity index (χ0n) is 12.4. The molecule has 0 bridgehead atoms. The summed E-state index contributed by atoms with van der Waals surface area (Å²) in [7, 11) is 0. The molecule has 0 atom stereocenters. The highest BCUT2D eigenvalue weighted by Gasteiger charge is 2.11. The van der Waals surface area contributed by atoms with Crippen LogP contribution in [0.25, 0.3) is 0 Å². The largest absolute Gasteiger partial charge is 0.352 e. The predicted octanol–water partition coefficient (Wildman–Crippen LogP) is 2.46. The second-order valence-electron chi connectivity index (χ2n) is 4.70. The lowest BCUT2D eigenvalue weighted by Crippen LogP contribution is -2.35. The van der Waals surface area contributed by atoms with E-state index in [4.69, 9.17) is 0 Å². The molecule has 4 nitrogen and oxygen atoms in total. The lowest BCUT2D eigenvalue weighted by molar-refractivity contribution is -0.130. The maximum atomic E-state index is 12.0. The van der Waals surface area contributed by atoms with Gasteiger partial charge in [-0.15, -0.1) is 0 Å². The van der Waals surface area contributed by atoms with Crippen molar-refractivity contribution >= 4 is 11.8 Å². The molecular weight excluding hydrogens is 252 g/mol. The van der Waals surface area contributed by atoms with E-state index < -0.39 is 0 Å². The molecule has 20 heavy (non-hydrogen) atoms. The fourth-order valence-corrected chi connectivity index (χ4v) is 1.94. The molecule has 1 N–H and O–H groups in total. The highest BCUT2D eigenvalue weighted by atomic mass is 16.2. The van der Waals surface area contributed by atoms with Gasteiger partial charge in [-0.25, -0.2) is 0 Å². The van der Waals surface area contributed by atoms with Gasteiger partial charge in [0.25, 0.3) is 5.91 Å². The van der Waals surface area contributed by atoms with E-state index in [0.29, 0.717) is 18.5 Å². The van der Waals surface area contributed by atoms with Crippen LogP contribution >= 0.6 is 0 Å². The minimum atomic E-state index is -0.130. The summed E-state index contributed by atoms with van der Waals surface area (Å²) in [5.74, 6) is -0.0238. The summed E-state index contributed by atoms with van der Waals surface area (Å²) in [5.41, 5.74) is 0.623. The Kier molecular flexibility index (Phi) is 7.40. The van der Waals surface area contributed by atoms with Gasteiger partial charge in [-0.2, -0.15) is 0 Å². The van der Waals surface area contributed by atoms with Gasteiger partial charge in [-0.05, 0) is 25.5 Å². The molecule has 4 heteroatoms. The first kappa shape index (κ1) is 16.2. The number of rotatable bonds is 8. The number of amides is 2. The highest BCUT2D eigenvalue weighted by molar-refractivity contribution is 5.94. The molecule has 0 aliphatic heterocycles. The first-order chi connectivity index (χ1) is 9.69. The third-order valence-corrected chi connectivity index (χ3v) is 3.18. The Bertz CT molecular complexity index is 418. The van der Waals surface area contributed by atoms with Crippen molar-refractivity contribution in [3.05, 3.63) is 35.9 Å². The molecule has 0 aliphatic rings. The Hall–Kier alpha value is -1.84. The number of hydrogen-bond donors (Lipinski definition) is 1. The molecule has 0 aromatic heterocycles. The van der Waals surface area contributed by atoms with Crippen LogP contribution in [0.3, 0.4) is 0 Å². The van der Waals surface area contributed by atoms with Crippen LogP contribution in [0.1, 0.15) is 43.5 Å². The van der Waals surface area contributed by atoms with E-state index in [0.717, 1.165) is 25.9 Å². The summed E-state index contributed by atoms with van der Waals surface area (Å²) in [4.78, 5) is 25.6. The van der Waals surface area contributed by atoms with Crippen molar-refractivity contribution in [3.8, 4) is 0 Å². The minimum absolute atomic E-state index is 0.106. The zero-order chi connectivity index (χ0) is 14.8. The molecule has 2 amide bonds. The molecule has 110 valence electrons. The first-order valence-corrected chi connectivity index (χ1v) is 7.30. The van der Waals surface area contributed by atoms with E-state index in [1.807, 2.05) is 30.0 Å². The standard InChI is InChI=1S/C16H24N2O2/c1-3-5-13-18(4-2)15(19)11-12-17-16(20)14-9-7-6-8-10-14/h6-10H,3-5,11-13H2,1-2H3,(H,17,20). The van der Waals surface area contributed by atoms with Gasteiger partial charge in [0.2, 0.25) is 5.91 Å². The maximum absolute atomic E-state index is 12.0. The number of benzene rings is 1. The van der Waals surface area contributed by atoms with Crippen LogP contribution in [-0.4, -0.2) is 36.3 Å². The Morgan fingerprint density at radius 2 is 1.85 bits per heavy atom. The summed E-state index contributed by atoms with van der Waals surface area (Å²) >= 11 is 0. The van der Waals surface area contributed by atoms with Gasteiger partial charge in [0.1, 0.15) is 0 Å². The van der Waals surface area contributed by atoms with Crippen LogP contribution in [0, 0.1) is 0 Å². The molecule has 0 aliphatic carbocycles. The van der Waals surface area contributed by atoms with Crippen molar-refractivity contribution in [2.24, 2.45) is 0 Å². The van der Waals surface area contributed by atoms with E-state index in [2.05, 4.69) is 12.2 Å². The number of carbonyl (C=O) groups excluding carboxylic acids is 2. The number of nitrogens with one attached hydrogen (secondary N) is 1. The van der Waals surface area contributed by atoms with Gasteiger partial charge in [0.15, 0.2) is 0 Å². The van der Waals surface area contributed by atoms with Gasteiger partial charge >= 0.3 is 0 Å². The SMILES string of the molecule is CCCCN(CC)C(=O)CCNC(=O)c1ccccc1. The molecular formula is C16H24N2O2. The minimum Gasteiger partial charge on any atom is -0.352 e. The van der Waals surface area contributed by atoms with Crippen LogP contribution < -0.4 is 5.32 Å². The van der Waals surface area contributed by atoms with Gasteiger partial charge in [0.05, 0.1) is 0 Å². The van der Waals surface area contributed by atoms with E-state index in [-0.39, 0.29) is 11.8 Å². The van der Waals surface area contributed by atoms with E-state index in [1.54, 1.807) is 12.1 Å². The molecule has 1 rings (SSSR count). The quantitative estimate of drug-likeness (QED) is 0.793. The number of nitrogens with zero attached hydrogens (tertiary/aromatic N) is 1. The predicted molar refractivity (Wildman–Crippen MR) is 80.6 cm³/mol. The first-order valence-electron chi connectivity index (χ1n) is 7.30. The second kappa shape index (κ2) is 9.13. The van der Waals surface area contributed by atoms with Crippen molar-refractivity contribution < 1.29 is 9.59 Å². The van der Waals surface area contributed by atoms with Crippen molar-refractivity contribution in [3.63, 3.8) is 0 Å². The molecule has 0 unspecified atom stereocenters. The van der Waals surface area contributed by atoms with Crippen LogP contribution in [-0.2, 0) is 4.79 Å². The van der Waals surface area contributed by atoms with E-state index in [1.165, 1.54) is 0 Å². The topological polar surface area (TPSA) is 49.4 Å². The Labute approximate surface area is 121 Å². The number of hydrogen-bond acceptors (Lipinski definition) is 2. The van der Waals surface area contributed by atoms with Gasteiger partial charge in [-0.1, -0.05) is 31.5 Å². The molecule has 0 fully saturated rings. The lowest BCUT2D eigenvalue weighted by Gasteiger charge is -2.20. The third kappa shape index (κ3) is 5.43. The van der Waals surface area contributed by atoms with Crippen molar-refractivity contribution in [1.29, 1.82) is 0 Å². The maximum Gasteiger partial charge on any atom is 0.251 e. The molecule has 0 saturated carbocycles. The molecule has 0 saturated heterocycles. The molecule has 1 aromatic carbocycles. The zero-order valence-corrected chi connectivity index (χ0v) is 12.4. The third-order valence-electron chi connectivity index (χ3n) is 3.18. The van der Waals surface area contributed by atoms with Gasteiger partial charge in [0, 0.05) is 31.6 Å². The Morgan fingerprint density at radius 1 is 1.15 bits per heavy atom. The van der Waals surface area contributed by atoms with Gasteiger partial charge < -0.3 is 10.2 Å². The normalized spacial score (nSPS) is 10.1. The molecule has 0 heterocycles. The second-order valence-corrected chi connectivity index (χ2v) is 4.70. The van der Waals surface area contributed by atoms with Crippen molar-refractivity contribution in [2.45, 2.75) is 33.1 Å². The Morgan fingerprint density at radius 3 is 2.45 bits per heavy atom. The summed E-state index contributed by atoms with van der Waals surface area (Å²) in [5, 5.41) is 2.78. The summed E-state index contributed by atoms with van der Waals surface area (Å²) in [6, 6.07) is 9.04. The highest BCUT2D eigenvalue weighted by Crippen LogP contribution is 2.00. The number of unbranched alkanes of at least 4 members (excludes halogenated alkanes) is 1. The lowest BCUT2D eigenvalue weighted by atomic mass is 10.2. The molecule has 0 spiro atoms. The molecule has 1 aromatic rings.